The quantitative estimate of drug-likeness (QED) is 0.835. The zero-order valence-corrected chi connectivity index (χ0v) is 15.8. The molecule has 0 saturated carbocycles. The van der Waals surface area contributed by atoms with Gasteiger partial charge >= 0.3 is 0 Å². The fourth-order valence-corrected chi connectivity index (χ4v) is 4.35. The Morgan fingerprint density at radius 3 is 2.64 bits per heavy atom. The fraction of sp³-hybridized carbons (Fsp3) is 0.550. The van der Waals surface area contributed by atoms with Crippen molar-refractivity contribution >= 4 is 23.9 Å². The van der Waals surface area contributed by atoms with Crippen LogP contribution in [0.4, 0.5) is 0 Å². The minimum absolute atomic E-state index is 0.261. The molecule has 5 heteroatoms. The van der Waals surface area contributed by atoms with Gasteiger partial charge in [-0.1, -0.05) is 24.3 Å². The monoisotopic (exact) mass is 362 g/mol. The van der Waals surface area contributed by atoms with Crippen LogP contribution in [-0.2, 0) is 4.74 Å². The van der Waals surface area contributed by atoms with E-state index in [0.717, 1.165) is 42.1 Å². The molecule has 1 aromatic rings. The van der Waals surface area contributed by atoms with Gasteiger partial charge in [-0.05, 0) is 62.0 Å². The Balaban J connectivity index is 1.76. The maximum Gasteiger partial charge on any atom is 0.0976 e. The number of piperidine rings is 1. The van der Waals surface area contributed by atoms with Crippen LogP contribution < -0.4 is 0 Å². The highest BCUT2D eigenvalue weighted by Gasteiger charge is 2.44. The summed E-state index contributed by atoms with van der Waals surface area (Å²) in [5.41, 5.74) is 3.00. The van der Waals surface area contributed by atoms with E-state index in [4.69, 9.17) is 16.3 Å². The highest BCUT2D eigenvalue weighted by Crippen LogP contribution is 2.38. The molecule has 0 bridgehead atoms. The average Bonchev–Trinajstić information content (AvgIpc) is 2.96. The zero-order valence-electron chi connectivity index (χ0n) is 15.0. The summed E-state index contributed by atoms with van der Waals surface area (Å²) in [6, 6.07) is 4.14. The van der Waals surface area contributed by atoms with E-state index in [9.17, 15) is 5.11 Å². The van der Waals surface area contributed by atoms with Gasteiger partial charge in [0.2, 0.25) is 0 Å². The van der Waals surface area contributed by atoms with E-state index in [-0.39, 0.29) is 5.54 Å². The molecule has 136 valence electrons. The second kappa shape index (κ2) is 7.58. The first-order valence-corrected chi connectivity index (χ1v) is 9.26. The largest absolute Gasteiger partial charge is 0.389 e. The van der Waals surface area contributed by atoms with Crippen LogP contribution in [-0.4, -0.2) is 61.2 Å². The van der Waals surface area contributed by atoms with Gasteiger partial charge in [-0.3, -0.25) is 9.89 Å². The van der Waals surface area contributed by atoms with Crippen molar-refractivity contribution in [3.05, 3.63) is 40.4 Å². The van der Waals surface area contributed by atoms with Gasteiger partial charge in [-0.15, -0.1) is 0 Å². The molecule has 2 heterocycles. The van der Waals surface area contributed by atoms with Crippen LogP contribution in [0.1, 0.15) is 42.4 Å². The standard InChI is InChI=1S/C20H27ClN2O2/c1-4-14-9-17(18(21)10-16(14)11-22-3)15-5-7-23(8-6-15)20(2)13-25-12-19(20)24/h4,9-11,15,19,24H,1,5-8,12-13H2,2-3H3. The second-order valence-corrected chi connectivity index (χ2v) is 7.65. The van der Waals surface area contributed by atoms with E-state index in [1.165, 1.54) is 5.56 Å². The third kappa shape index (κ3) is 3.54. The smallest absolute Gasteiger partial charge is 0.0976 e. The summed E-state index contributed by atoms with van der Waals surface area (Å²) in [4.78, 5) is 6.47. The lowest BCUT2D eigenvalue weighted by Gasteiger charge is -2.43. The number of nitrogens with zero attached hydrogens (tertiary/aromatic N) is 2. The number of likely N-dealkylation sites (tertiary alicyclic amines) is 1. The molecule has 25 heavy (non-hydrogen) atoms. The highest BCUT2D eigenvalue weighted by atomic mass is 35.5. The van der Waals surface area contributed by atoms with Crippen molar-refractivity contribution in [3.8, 4) is 0 Å². The van der Waals surface area contributed by atoms with Crippen LogP contribution >= 0.6 is 11.6 Å². The van der Waals surface area contributed by atoms with Crippen molar-refractivity contribution in [3.63, 3.8) is 0 Å². The van der Waals surface area contributed by atoms with Crippen molar-refractivity contribution in [1.82, 2.24) is 4.90 Å². The minimum atomic E-state index is -0.410. The average molecular weight is 363 g/mol. The third-order valence-electron chi connectivity index (χ3n) is 5.74. The number of benzene rings is 1. The highest BCUT2D eigenvalue weighted by molar-refractivity contribution is 6.31. The summed E-state index contributed by atoms with van der Waals surface area (Å²) in [5.74, 6) is 0.429. The number of hydrogen-bond donors (Lipinski definition) is 1. The molecule has 1 aromatic carbocycles. The van der Waals surface area contributed by atoms with Gasteiger partial charge in [0.25, 0.3) is 0 Å². The summed E-state index contributed by atoms with van der Waals surface area (Å²) in [6.07, 6.45) is 5.32. The number of aliphatic hydroxyl groups is 1. The van der Waals surface area contributed by atoms with Crippen molar-refractivity contribution in [1.29, 1.82) is 0 Å². The molecule has 0 radical (unpaired) electrons. The molecule has 0 aliphatic carbocycles. The molecule has 2 atom stereocenters. The van der Waals surface area contributed by atoms with E-state index in [1.54, 1.807) is 7.05 Å². The van der Waals surface area contributed by atoms with Crippen molar-refractivity contribution in [2.75, 3.05) is 33.4 Å². The Morgan fingerprint density at radius 1 is 1.36 bits per heavy atom. The first-order valence-electron chi connectivity index (χ1n) is 8.88. The van der Waals surface area contributed by atoms with Crippen LogP contribution in [0.3, 0.4) is 0 Å². The predicted octanol–water partition coefficient (Wildman–Crippen LogP) is 3.36. The van der Waals surface area contributed by atoms with Gasteiger partial charge in [0.05, 0.1) is 24.9 Å². The van der Waals surface area contributed by atoms with E-state index in [0.29, 0.717) is 19.1 Å². The second-order valence-electron chi connectivity index (χ2n) is 7.24. The van der Waals surface area contributed by atoms with Crippen molar-refractivity contribution in [2.24, 2.45) is 4.99 Å². The lowest BCUT2D eigenvalue weighted by Crippen LogP contribution is -2.56. The number of aliphatic hydroxyl groups excluding tert-OH is 1. The molecule has 2 saturated heterocycles. The summed E-state index contributed by atoms with van der Waals surface area (Å²) >= 11 is 6.57. The van der Waals surface area contributed by atoms with E-state index < -0.39 is 6.10 Å². The van der Waals surface area contributed by atoms with Gasteiger partial charge < -0.3 is 9.84 Å². The molecule has 2 fully saturated rings. The molecule has 0 amide bonds. The fourth-order valence-electron chi connectivity index (χ4n) is 4.02. The van der Waals surface area contributed by atoms with Crippen LogP contribution in [0.25, 0.3) is 6.08 Å². The van der Waals surface area contributed by atoms with Crippen LogP contribution in [0, 0.1) is 0 Å². The van der Waals surface area contributed by atoms with Crippen LogP contribution in [0.5, 0.6) is 0 Å². The van der Waals surface area contributed by atoms with Crippen molar-refractivity contribution < 1.29 is 9.84 Å². The summed E-state index contributed by atoms with van der Waals surface area (Å²) in [7, 11) is 1.76. The van der Waals surface area contributed by atoms with E-state index >= 15 is 0 Å². The number of ether oxygens (including phenoxy) is 1. The lowest BCUT2D eigenvalue weighted by atomic mass is 9.84. The maximum atomic E-state index is 10.3. The normalized spacial score (nSPS) is 28.7. The van der Waals surface area contributed by atoms with Crippen LogP contribution in [0.15, 0.2) is 23.7 Å². The number of aliphatic imine (C=N–C) groups is 1. The molecule has 4 nitrogen and oxygen atoms in total. The summed E-state index contributed by atoms with van der Waals surface area (Å²) in [6.45, 7) is 8.95. The van der Waals surface area contributed by atoms with Gasteiger partial charge in [0, 0.05) is 23.8 Å². The van der Waals surface area contributed by atoms with Crippen LogP contribution in [0.2, 0.25) is 5.02 Å². The molecule has 1 N–H and O–H groups in total. The van der Waals surface area contributed by atoms with Gasteiger partial charge in [0.15, 0.2) is 0 Å². The minimum Gasteiger partial charge on any atom is -0.389 e. The molecule has 0 aromatic heterocycles. The molecule has 3 rings (SSSR count). The Bertz CT molecular complexity index is 668. The summed E-state index contributed by atoms with van der Waals surface area (Å²) in [5, 5.41) is 11.1. The Kier molecular flexibility index (Phi) is 5.64. The Morgan fingerprint density at radius 2 is 2.08 bits per heavy atom. The Labute approximate surface area is 155 Å². The number of hydrogen-bond acceptors (Lipinski definition) is 4. The number of halogens is 1. The van der Waals surface area contributed by atoms with Crippen molar-refractivity contribution in [2.45, 2.75) is 37.3 Å². The van der Waals surface area contributed by atoms with Gasteiger partial charge in [-0.2, -0.15) is 0 Å². The zero-order chi connectivity index (χ0) is 18.0. The lowest BCUT2D eigenvalue weighted by molar-refractivity contribution is -0.00212. The van der Waals surface area contributed by atoms with Gasteiger partial charge in [-0.25, -0.2) is 0 Å². The molecule has 2 aliphatic rings. The molecule has 2 aliphatic heterocycles. The molecular formula is C20H27ClN2O2. The first kappa shape index (κ1) is 18.6. The SMILES string of the molecule is C=Cc1cc(C2CCN(C3(C)COCC3O)CC2)c(Cl)cc1C=NC. The third-order valence-corrected chi connectivity index (χ3v) is 6.06. The molecule has 2 unspecified atom stereocenters. The molecule has 0 spiro atoms. The summed E-state index contributed by atoms with van der Waals surface area (Å²) < 4.78 is 5.49. The Hall–Kier alpha value is -1.20. The van der Waals surface area contributed by atoms with E-state index in [1.807, 2.05) is 18.4 Å². The van der Waals surface area contributed by atoms with Gasteiger partial charge in [0.1, 0.15) is 0 Å². The topological polar surface area (TPSA) is 45.1 Å². The maximum absolute atomic E-state index is 10.3. The first-order chi connectivity index (χ1) is 12.0. The predicted molar refractivity (Wildman–Crippen MR) is 104 cm³/mol. The van der Waals surface area contributed by atoms with E-state index in [2.05, 4.69) is 29.5 Å². The number of rotatable bonds is 4. The molecular weight excluding hydrogens is 336 g/mol.